The number of piperazine rings is 1. The minimum atomic E-state index is -2.32. The van der Waals surface area contributed by atoms with Crippen LogP contribution in [0.25, 0.3) is 32.9 Å². The first-order valence-corrected chi connectivity index (χ1v) is 24.1. The van der Waals surface area contributed by atoms with Gasteiger partial charge in [0, 0.05) is 63.4 Å². The topological polar surface area (TPSA) is 102 Å². The number of pyridine rings is 1. The van der Waals surface area contributed by atoms with Crippen LogP contribution in [-0.4, -0.2) is 116 Å². The summed E-state index contributed by atoms with van der Waals surface area (Å²) in [5, 5.41) is 1.32. The van der Waals surface area contributed by atoms with Crippen molar-refractivity contribution in [2.75, 3.05) is 64.7 Å². The number of carbonyl (C=O) groups is 1. The first-order chi connectivity index (χ1) is 29.4. The average molecular weight is 875 g/mol. The molecule has 0 bridgehead atoms. The third-order valence-electron chi connectivity index (χ3n) is 13.0. The number of hydrogen-bond acceptors (Lipinski definition) is 10. The van der Waals surface area contributed by atoms with Crippen molar-refractivity contribution in [1.82, 2.24) is 24.8 Å². The molecular formula is C47H61F3N6O5Si. The molecule has 2 aromatic heterocycles. The molecule has 0 N–H and O–H groups in total. The van der Waals surface area contributed by atoms with Gasteiger partial charge in [-0.05, 0) is 80.4 Å². The first kappa shape index (κ1) is 45.4. The van der Waals surface area contributed by atoms with Crippen LogP contribution in [-0.2, 0) is 9.47 Å². The molecule has 0 aliphatic carbocycles. The summed E-state index contributed by atoms with van der Waals surface area (Å²) in [6, 6.07) is 6.36. The Bertz CT molecular complexity index is 2350. The Morgan fingerprint density at radius 3 is 2.35 bits per heavy atom. The Labute approximate surface area is 364 Å². The van der Waals surface area contributed by atoms with E-state index in [4.69, 9.17) is 33.9 Å². The van der Waals surface area contributed by atoms with Crippen LogP contribution < -0.4 is 14.4 Å². The number of aromatic nitrogens is 3. The van der Waals surface area contributed by atoms with Crippen molar-refractivity contribution >= 4 is 41.7 Å². The number of ether oxygens (including phenoxy) is 4. The van der Waals surface area contributed by atoms with E-state index in [1.807, 2.05) is 25.7 Å². The number of halogens is 3. The van der Waals surface area contributed by atoms with Gasteiger partial charge in [0.15, 0.2) is 12.6 Å². The Kier molecular flexibility index (Phi) is 13.1. The third-order valence-corrected chi connectivity index (χ3v) is 19.3. The van der Waals surface area contributed by atoms with Crippen LogP contribution in [0.3, 0.4) is 0 Å². The van der Waals surface area contributed by atoms with Crippen LogP contribution in [0.15, 0.2) is 30.5 Å². The zero-order chi connectivity index (χ0) is 44.7. The zero-order valence-corrected chi connectivity index (χ0v) is 38.8. The second-order valence-electron chi connectivity index (χ2n) is 19.0. The summed E-state index contributed by atoms with van der Waals surface area (Å²) in [6.07, 6.45) is 2.20. The number of rotatable bonds is 11. The molecule has 4 aromatic rings. The molecule has 62 heavy (non-hydrogen) atoms. The van der Waals surface area contributed by atoms with Gasteiger partial charge in [0.05, 0.1) is 16.5 Å². The van der Waals surface area contributed by atoms with E-state index >= 15 is 8.78 Å². The third kappa shape index (κ3) is 8.79. The van der Waals surface area contributed by atoms with Crippen LogP contribution in [0.5, 0.6) is 11.8 Å². The second kappa shape index (κ2) is 17.8. The summed E-state index contributed by atoms with van der Waals surface area (Å²) < 4.78 is 71.9. The summed E-state index contributed by atoms with van der Waals surface area (Å²) in [4.78, 5) is 33.0. The van der Waals surface area contributed by atoms with Gasteiger partial charge in [-0.25, -0.2) is 18.0 Å². The molecule has 15 heteroatoms. The number of carbonyl (C=O) groups excluding carboxylic acids is 1. The maximum absolute atomic E-state index is 17.7. The normalized spacial score (nSPS) is 19.8. The first-order valence-electron chi connectivity index (χ1n) is 21.9. The lowest BCUT2D eigenvalue weighted by Gasteiger charge is -2.38. The summed E-state index contributed by atoms with van der Waals surface area (Å²) in [7, 11) is -0.816. The predicted molar refractivity (Wildman–Crippen MR) is 239 cm³/mol. The number of amides is 1. The molecule has 7 rings (SSSR count). The highest BCUT2D eigenvalue weighted by Gasteiger charge is 2.49. The number of alkyl halides is 1. The van der Waals surface area contributed by atoms with E-state index in [2.05, 4.69) is 57.9 Å². The van der Waals surface area contributed by atoms with Crippen molar-refractivity contribution < 1.29 is 36.9 Å². The molecular weight excluding hydrogens is 814 g/mol. The molecule has 0 spiro atoms. The lowest BCUT2D eigenvalue weighted by molar-refractivity contribution is 0.0240. The molecule has 0 radical (unpaired) electrons. The lowest BCUT2D eigenvalue weighted by atomic mass is 9.95. The molecule has 3 aliphatic rings. The van der Waals surface area contributed by atoms with Crippen molar-refractivity contribution in [2.24, 2.45) is 0 Å². The van der Waals surface area contributed by atoms with Crippen LogP contribution >= 0.6 is 0 Å². The molecule has 0 saturated carbocycles. The largest absolute Gasteiger partial charge is 0.468 e. The maximum atomic E-state index is 17.7. The highest BCUT2D eigenvalue weighted by molar-refractivity contribution is 6.90. The fraction of sp³-hybridized carbons (Fsp3) is 0.574. The SMILES string of the molecule is COCOc1cc(-c2ncc3c(N4CCN(C(=O)OC(C)(C)C)CC4)nc(OC[C@@]45CCCN4C[C@H](F)C5)nc3c2F)c2c(C#C[Si](C(C)C)(C(C)C)C(C)C)c(F)ccc2c1. The van der Waals surface area contributed by atoms with Crippen LogP contribution in [0, 0.1) is 23.1 Å². The maximum Gasteiger partial charge on any atom is 0.410 e. The standard InChI is InChI=1S/C47H61F3N6O5Si/c1-29(2)62(30(3)4,31(5)6)21-14-35-38(49)13-12-32-22-34(60-28-58-10)23-36(39(32)35)41-40(50)42-37(25-51-41)43(54-17-19-55(20-18-54)45(57)61-46(7,8)9)53-44(52-42)59-27-47-15-11-16-56(47)26-33(48)24-47/h12-13,22-23,25,29-31,33H,11,15-20,24,26-28H2,1-10H3/t33-,47+/m1/s1. The number of methoxy groups -OCH3 is 1. The summed E-state index contributed by atoms with van der Waals surface area (Å²) in [5.74, 6) is 2.79. The van der Waals surface area contributed by atoms with Crippen molar-refractivity contribution in [2.45, 2.75) is 116 Å². The van der Waals surface area contributed by atoms with E-state index < -0.39 is 43.1 Å². The van der Waals surface area contributed by atoms with E-state index in [9.17, 15) is 9.18 Å². The van der Waals surface area contributed by atoms with E-state index in [1.54, 1.807) is 23.1 Å². The molecule has 2 aromatic carbocycles. The smallest absolute Gasteiger partial charge is 0.410 e. The van der Waals surface area contributed by atoms with Gasteiger partial charge in [-0.15, -0.1) is 5.54 Å². The Balaban J connectivity index is 1.38. The van der Waals surface area contributed by atoms with Gasteiger partial charge in [0.25, 0.3) is 0 Å². The number of fused-ring (bicyclic) bond motifs is 3. The van der Waals surface area contributed by atoms with Gasteiger partial charge in [0.2, 0.25) is 0 Å². The molecule has 11 nitrogen and oxygen atoms in total. The van der Waals surface area contributed by atoms with E-state index in [0.717, 1.165) is 19.4 Å². The fourth-order valence-electron chi connectivity index (χ4n) is 10.1. The molecule has 3 saturated heterocycles. The van der Waals surface area contributed by atoms with Crippen molar-refractivity contribution in [1.29, 1.82) is 0 Å². The fourth-order valence-corrected chi connectivity index (χ4v) is 15.3. The molecule has 5 heterocycles. The average Bonchev–Trinajstić information content (AvgIpc) is 3.74. The number of benzene rings is 2. The summed E-state index contributed by atoms with van der Waals surface area (Å²) >= 11 is 0. The van der Waals surface area contributed by atoms with Gasteiger partial charge in [-0.3, -0.25) is 9.88 Å². The number of nitrogens with zero attached hydrogens (tertiary/aromatic N) is 6. The number of anilines is 1. The second-order valence-corrected chi connectivity index (χ2v) is 24.6. The van der Waals surface area contributed by atoms with Gasteiger partial charge in [-0.1, -0.05) is 53.5 Å². The highest BCUT2D eigenvalue weighted by Crippen LogP contribution is 2.44. The van der Waals surface area contributed by atoms with Gasteiger partial charge >= 0.3 is 12.1 Å². The van der Waals surface area contributed by atoms with Crippen LogP contribution in [0.2, 0.25) is 16.6 Å². The van der Waals surface area contributed by atoms with E-state index in [0.29, 0.717) is 83.5 Å². The summed E-state index contributed by atoms with van der Waals surface area (Å²) in [5.41, 5.74) is 3.72. The Morgan fingerprint density at radius 1 is 0.984 bits per heavy atom. The predicted octanol–water partition coefficient (Wildman–Crippen LogP) is 9.69. The number of hydrogen-bond donors (Lipinski definition) is 0. The minimum Gasteiger partial charge on any atom is -0.468 e. The molecule has 3 aliphatic heterocycles. The monoisotopic (exact) mass is 874 g/mol. The van der Waals surface area contributed by atoms with Gasteiger partial charge < -0.3 is 28.7 Å². The van der Waals surface area contributed by atoms with Crippen molar-refractivity contribution in [3.05, 3.63) is 47.7 Å². The zero-order valence-electron chi connectivity index (χ0n) is 37.8. The Morgan fingerprint density at radius 2 is 1.69 bits per heavy atom. The Hall–Kier alpha value is -4.65. The van der Waals surface area contributed by atoms with Crippen molar-refractivity contribution in [3.63, 3.8) is 0 Å². The summed E-state index contributed by atoms with van der Waals surface area (Å²) in [6.45, 7) is 21.3. The van der Waals surface area contributed by atoms with Crippen LogP contribution in [0.4, 0.5) is 23.8 Å². The van der Waals surface area contributed by atoms with Gasteiger partial charge in [-0.2, -0.15) is 9.97 Å². The highest BCUT2D eigenvalue weighted by atomic mass is 28.3. The molecule has 3 fully saturated rings. The lowest BCUT2D eigenvalue weighted by Crippen LogP contribution is -2.50. The quantitative estimate of drug-likeness (QED) is 0.0823. The minimum absolute atomic E-state index is 0.0496. The molecule has 0 unspecified atom stereocenters. The van der Waals surface area contributed by atoms with Crippen molar-refractivity contribution in [3.8, 4) is 34.5 Å². The van der Waals surface area contributed by atoms with Crippen LogP contribution in [0.1, 0.15) is 87.1 Å². The van der Waals surface area contributed by atoms with E-state index in [-0.39, 0.29) is 41.7 Å². The molecule has 334 valence electrons. The molecule has 1 amide bonds. The molecule has 2 atom stereocenters. The van der Waals surface area contributed by atoms with Gasteiger partial charge in [0.1, 0.15) is 55.0 Å². The van der Waals surface area contributed by atoms with E-state index in [1.165, 1.54) is 19.4 Å².